The molecule has 1 aliphatic rings. The summed E-state index contributed by atoms with van der Waals surface area (Å²) in [5.74, 6) is 0.718. The Morgan fingerprint density at radius 1 is 1.24 bits per heavy atom. The molecule has 1 amide bonds. The third-order valence-corrected chi connectivity index (χ3v) is 4.34. The van der Waals surface area contributed by atoms with Gasteiger partial charge in [0, 0.05) is 42.6 Å². The van der Waals surface area contributed by atoms with E-state index in [0.29, 0.717) is 30.4 Å². The monoisotopic (exact) mass is 338 g/mol. The molecule has 1 saturated heterocycles. The third kappa shape index (κ3) is 3.00. The highest BCUT2D eigenvalue weighted by molar-refractivity contribution is 5.98. The van der Waals surface area contributed by atoms with Crippen molar-refractivity contribution in [2.24, 2.45) is 0 Å². The topological polar surface area (TPSA) is 80.3 Å². The second-order valence-electron chi connectivity index (χ2n) is 5.93. The van der Waals surface area contributed by atoms with Gasteiger partial charge in [0.05, 0.1) is 13.7 Å². The maximum absolute atomic E-state index is 12.7. The molecule has 25 heavy (non-hydrogen) atoms. The van der Waals surface area contributed by atoms with Gasteiger partial charge in [0.25, 0.3) is 17.7 Å². The number of rotatable bonds is 4. The first-order chi connectivity index (χ1) is 12.2. The summed E-state index contributed by atoms with van der Waals surface area (Å²) in [7, 11) is 1.53. The maximum atomic E-state index is 12.7. The van der Waals surface area contributed by atoms with Crippen LogP contribution in [0.5, 0.6) is 11.8 Å². The Balaban J connectivity index is 1.45. The van der Waals surface area contributed by atoms with Crippen LogP contribution in [0.1, 0.15) is 16.8 Å². The second-order valence-corrected chi connectivity index (χ2v) is 5.93. The highest BCUT2D eigenvalue weighted by atomic mass is 16.5. The summed E-state index contributed by atoms with van der Waals surface area (Å²) < 4.78 is 11.0. The van der Waals surface area contributed by atoms with E-state index >= 15 is 0 Å². The van der Waals surface area contributed by atoms with Crippen LogP contribution >= 0.6 is 0 Å². The highest BCUT2D eigenvalue weighted by Crippen LogP contribution is 2.25. The normalized spacial score (nSPS) is 17.0. The van der Waals surface area contributed by atoms with E-state index in [1.165, 1.54) is 7.11 Å². The third-order valence-electron chi connectivity index (χ3n) is 4.34. The van der Waals surface area contributed by atoms with Crippen molar-refractivity contribution in [3.05, 3.63) is 48.4 Å². The van der Waals surface area contributed by atoms with Gasteiger partial charge in [-0.05, 0) is 23.6 Å². The lowest BCUT2D eigenvalue weighted by Crippen LogP contribution is -2.31. The molecule has 1 atom stereocenters. The van der Waals surface area contributed by atoms with E-state index in [1.54, 1.807) is 17.3 Å². The van der Waals surface area contributed by atoms with Gasteiger partial charge in [-0.3, -0.25) is 4.79 Å². The molecular formula is C18H18N4O3. The van der Waals surface area contributed by atoms with Gasteiger partial charge in [0.2, 0.25) is 0 Å². The van der Waals surface area contributed by atoms with Crippen molar-refractivity contribution >= 4 is 16.8 Å². The molecule has 128 valence electrons. The number of fused-ring (bicyclic) bond motifs is 1. The first-order valence-corrected chi connectivity index (χ1v) is 8.12. The summed E-state index contributed by atoms with van der Waals surface area (Å²) >= 11 is 0. The average molecular weight is 338 g/mol. The first kappa shape index (κ1) is 15.4. The molecule has 2 aromatic heterocycles. The van der Waals surface area contributed by atoms with Crippen LogP contribution in [0.3, 0.4) is 0 Å². The number of nitrogens with one attached hydrogen (secondary N) is 1. The van der Waals surface area contributed by atoms with Gasteiger partial charge in [-0.2, -0.15) is 0 Å². The molecule has 0 aliphatic carbocycles. The Hall–Kier alpha value is -3.09. The Morgan fingerprint density at radius 3 is 2.92 bits per heavy atom. The molecule has 7 nitrogen and oxygen atoms in total. The summed E-state index contributed by atoms with van der Waals surface area (Å²) in [6.45, 7) is 1.16. The molecule has 1 fully saturated rings. The number of likely N-dealkylation sites (tertiary alicyclic amines) is 1. The van der Waals surface area contributed by atoms with Crippen molar-refractivity contribution in [3.63, 3.8) is 0 Å². The smallest absolute Gasteiger partial charge is 0.278 e. The van der Waals surface area contributed by atoms with E-state index in [0.717, 1.165) is 17.3 Å². The van der Waals surface area contributed by atoms with Crippen LogP contribution in [-0.4, -0.2) is 52.1 Å². The van der Waals surface area contributed by atoms with Crippen LogP contribution in [0.4, 0.5) is 0 Å². The SMILES string of the molecule is COc1nccnc1O[C@@H]1CCN(C(=O)c2ccc3cc[nH]c3c2)C1. The lowest BCUT2D eigenvalue weighted by atomic mass is 10.1. The van der Waals surface area contributed by atoms with Crippen LogP contribution in [-0.2, 0) is 0 Å². The number of H-pyrrole nitrogens is 1. The van der Waals surface area contributed by atoms with Crippen LogP contribution in [0, 0.1) is 0 Å². The van der Waals surface area contributed by atoms with E-state index in [4.69, 9.17) is 9.47 Å². The number of nitrogens with zero attached hydrogens (tertiary/aromatic N) is 3. The predicted molar refractivity (Wildman–Crippen MR) is 91.8 cm³/mol. The standard InChI is InChI=1S/C18H18N4O3/c1-24-16-17(21-8-7-20-16)25-14-5-9-22(11-14)18(23)13-3-2-12-4-6-19-15(12)10-13/h2-4,6-8,10,14,19H,5,9,11H2,1H3/t14-/m1/s1. The number of hydrogen-bond donors (Lipinski definition) is 1. The van der Waals surface area contributed by atoms with Gasteiger partial charge in [0.1, 0.15) is 6.10 Å². The van der Waals surface area contributed by atoms with Crippen LogP contribution in [0.15, 0.2) is 42.9 Å². The average Bonchev–Trinajstić information content (AvgIpc) is 3.30. The molecule has 3 heterocycles. The van der Waals surface area contributed by atoms with Crippen molar-refractivity contribution in [1.29, 1.82) is 0 Å². The number of benzene rings is 1. The number of methoxy groups -OCH3 is 1. The minimum atomic E-state index is -0.122. The molecule has 1 N–H and O–H groups in total. The molecule has 0 spiro atoms. The van der Waals surface area contributed by atoms with Crippen LogP contribution < -0.4 is 9.47 Å². The van der Waals surface area contributed by atoms with Gasteiger partial charge >= 0.3 is 0 Å². The number of carbonyl (C=O) groups is 1. The van der Waals surface area contributed by atoms with Gasteiger partial charge in [-0.25, -0.2) is 9.97 Å². The second kappa shape index (κ2) is 6.43. The van der Waals surface area contributed by atoms with E-state index < -0.39 is 0 Å². The van der Waals surface area contributed by atoms with Crippen LogP contribution in [0.25, 0.3) is 10.9 Å². The Kier molecular flexibility index (Phi) is 3.97. The summed E-state index contributed by atoms with van der Waals surface area (Å²) in [6, 6.07) is 7.68. The number of amides is 1. The fourth-order valence-corrected chi connectivity index (χ4v) is 3.06. The minimum absolute atomic E-state index is 0.00807. The molecule has 1 aromatic carbocycles. The zero-order valence-electron chi connectivity index (χ0n) is 13.8. The van der Waals surface area contributed by atoms with Gasteiger partial charge in [-0.1, -0.05) is 6.07 Å². The number of aromatic nitrogens is 3. The number of carbonyl (C=O) groups excluding carboxylic acids is 1. The molecule has 0 unspecified atom stereocenters. The summed E-state index contributed by atoms with van der Waals surface area (Å²) in [5, 5.41) is 1.09. The molecule has 4 rings (SSSR count). The van der Waals surface area contributed by atoms with Crippen molar-refractivity contribution in [3.8, 4) is 11.8 Å². The van der Waals surface area contributed by atoms with E-state index in [-0.39, 0.29) is 12.0 Å². The van der Waals surface area contributed by atoms with Gasteiger partial charge in [0.15, 0.2) is 0 Å². The predicted octanol–water partition coefficient (Wildman–Crippen LogP) is 2.26. The summed E-state index contributed by atoms with van der Waals surface area (Å²) in [5.41, 5.74) is 1.63. The lowest BCUT2D eigenvalue weighted by Gasteiger charge is -2.17. The first-order valence-electron chi connectivity index (χ1n) is 8.12. The molecule has 0 saturated carbocycles. The van der Waals surface area contributed by atoms with Gasteiger partial charge < -0.3 is 19.4 Å². The highest BCUT2D eigenvalue weighted by Gasteiger charge is 2.29. The van der Waals surface area contributed by atoms with E-state index in [2.05, 4.69) is 15.0 Å². The van der Waals surface area contributed by atoms with Crippen molar-refractivity contribution in [2.45, 2.75) is 12.5 Å². The van der Waals surface area contributed by atoms with Crippen molar-refractivity contribution in [1.82, 2.24) is 19.9 Å². The number of ether oxygens (including phenoxy) is 2. The molecule has 7 heteroatoms. The largest absolute Gasteiger partial charge is 0.477 e. The van der Waals surface area contributed by atoms with Crippen molar-refractivity contribution < 1.29 is 14.3 Å². The van der Waals surface area contributed by atoms with E-state index in [1.807, 2.05) is 30.5 Å². The van der Waals surface area contributed by atoms with Crippen molar-refractivity contribution in [2.75, 3.05) is 20.2 Å². The molecule has 0 bridgehead atoms. The zero-order chi connectivity index (χ0) is 17.2. The Bertz CT molecular complexity index is 908. The summed E-state index contributed by atoms with van der Waals surface area (Å²) in [6.07, 6.45) is 5.60. The van der Waals surface area contributed by atoms with Crippen LogP contribution in [0.2, 0.25) is 0 Å². The quantitative estimate of drug-likeness (QED) is 0.789. The zero-order valence-corrected chi connectivity index (χ0v) is 13.8. The molecular weight excluding hydrogens is 320 g/mol. The number of hydrogen-bond acceptors (Lipinski definition) is 5. The minimum Gasteiger partial charge on any atom is -0.477 e. The Morgan fingerprint density at radius 2 is 2.08 bits per heavy atom. The fraction of sp³-hybridized carbons (Fsp3) is 0.278. The molecule has 0 radical (unpaired) electrons. The van der Waals surface area contributed by atoms with Gasteiger partial charge in [-0.15, -0.1) is 0 Å². The molecule has 1 aliphatic heterocycles. The fourth-order valence-electron chi connectivity index (χ4n) is 3.06. The Labute approximate surface area is 144 Å². The van der Waals surface area contributed by atoms with E-state index in [9.17, 15) is 4.79 Å². The number of aromatic amines is 1. The lowest BCUT2D eigenvalue weighted by molar-refractivity contribution is 0.0770. The summed E-state index contributed by atoms with van der Waals surface area (Å²) in [4.78, 5) is 25.9. The maximum Gasteiger partial charge on any atom is 0.278 e. The molecule has 3 aromatic rings.